The molecule has 0 aliphatic heterocycles. The zero-order chi connectivity index (χ0) is 15.4. The predicted molar refractivity (Wildman–Crippen MR) is 84.2 cm³/mol. The molecule has 1 aromatic heterocycles. The van der Waals surface area contributed by atoms with Gasteiger partial charge in [0.15, 0.2) is 0 Å². The minimum Gasteiger partial charge on any atom is -0.399 e. The van der Waals surface area contributed by atoms with Crippen LogP contribution < -0.4 is 22.3 Å². The summed E-state index contributed by atoms with van der Waals surface area (Å²) in [5.74, 6) is -0.323. The zero-order valence-corrected chi connectivity index (χ0v) is 11.8. The van der Waals surface area contributed by atoms with Crippen molar-refractivity contribution in [3.63, 3.8) is 0 Å². The van der Waals surface area contributed by atoms with Crippen LogP contribution in [0.25, 0.3) is 0 Å². The number of rotatable bonds is 4. The number of carbonyl (C=O) groups excluding carboxylic acids is 1. The molecule has 0 aliphatic carbocycles. The van der Waals surface area contributed by atoms with Gasteiger partial charge in [-0.2, -0.15) is 0 Å². The number of nitrogens with zero attached hydrogens (tertiary/aromatic N) is 1. The summed E-state index contributed by atoms with van der Waals surface area (Å²) in [7, 11) is 0. The fourth-order valence-corrected chi connectivity index (χ4v) is 2.03. The van der Waals surface area contributed by atoms with E-state index in [-0.39, 0.29) is 11.5 Å². The predicted octanol–water partition coefficient (Wildman–Crippen LogP) is 1.67. The molecule has 2 rings (SSSR count). The third-order valence-corrected chi connectivity index (χ3v) is 2.95. The SMILES string of the molecule is CCCn1cc(NC(=O)c2cc(N)cc(N)c2)ccc1=O. The summed E-state index contributed by atoms with van der Waals surface area (Å²) in [6.07, 6.45) is 2.46. The van der Waals surface area contributed by atoms with Gasteiger partial charge in [0, 0.05) is 35.7 Å². The maximum atomic E-state index is 12.2. The summed E-state index contributed by atoms with van der Waals surface area (Å²) in [5.41, 5.74) is 13.0. The molecule has 21 heavy (non-hydrogen) atoms. The summed E-state index contributed by atoms with van der Waals surface area (Å²) in [5, 5.41) is 2.73. The van der Waals surface area contributed by atoms with E-state index in [4.69, 9.17) is 11.5 Å². The molecule has 0 unspecified atom stereocenters. The van der Waals surface area contributed by atoms with Crippen molar-refractivity contribution in [2.45, 2.75) is 19.9 Å². The van der Waals surface area contributed by atoms with Crippen LogP contribution in [0.2, 0.25) is 0 Å². The summed E-state index contributed by atoms with van der Waals surface area (Å²) in [6.45, 7) is 2.58. The van der Waals surface area contributed by atoms with E-state index in [2.05, 4.69) is 5.32 Å². The third kappa shape index (κ3) is 3.62. The van der Waals surface area contributed by atoms with Crippen LogP contribution in [0.5, 0.6) is 0 Å². The molecular weight excluding hydrogens is 268 g/mol. The van der Waals surface area contributed by atoms with Gasteiger partial charge >= 0.3 is 0 Å². The quantitative estimate of drug-likeness (QED) is 0.744. The number of hydrogen-bond donors (Lipinski definition) is 3. The normalized spacial score (nSPS) is 10.3. The molecule has 1 heterocycles. The van der Waals surface area contributed by atoms with Crippen LogP contribution in [-0.4, -0.2) is 10.5 Å². The Kier molecular flexibility index (Phi) is 4.27. The van der Waals surface area contributed by atoms with E-state index in [1.807, 2.05) is 6.92 Å². The van der Waals surface area contributed by atoms with Gasteiger partial charge < -0.3 is 21.4 Å². The van der Waals surface area contributed by atoms with Gasteiger partial charge in [-0.05, 0) is 30.7 Å². The van der Waals surface area contributed by atoms with E-state index in [1.54, 1.807) is 35.0 Å². The van der Waals surface area contributed by atoms with Crippen LogP contribution in [0.3, 0.4) is 0 Å². The Labute approximate surface area is 122 Å². The number of hydrogen-bond acceptors (Lipinski definition) is 4. The lowest BCUT2D eigenvalue weighted by molar-refractivity contribution is 0.102. The van der Waals surface area contributed by atoms with E-state index in [1.165, 1.54) is 6.07 Å². The summed E-state index contributed by atoms with van der Waals surface area (Å²) in [4.78, 5) is 23.8. The lowest BCUT2D eigenvalue weighted by Gasteiger charge is -2.09. The van der Waals surface area contributed by atoms with Crippen molar-refractivity contribution in [2.75, 3.05) is 16.8 Å². The molecular formula is C15H18N4O2. The molecule has 0 radical (unpaired) electrons. The van der Waals surface area contributed by atoms with Crippen molar-refractivity contribution in [1.29, 1.82) is 0 Å². The smallest absolute Gasteiger partial charge is 0.255 e. The number of carbonyl (C=O) groups is 1. The maximum absolute atomic E-state index is 12.2. The third-order valence-electron chi connectivity index (χ3n) is 2.95. The summed E-state index contributed by atoms with van der Waals surface area (Å²) in [6, 6.07) is 7.68. The van der Waals surface area contributed by atoms with Crippen LogP contribution in [0.1, 0.15) is 23.7 Å². The first kappa shape index (κ1) is 14.6. The van der Waals surface area contributed by atoms with Gasteiger partial charge in [-0.3, -0.25) is 9.59 Å². The van der Waals surface area contributed by atoms with Gasteiger partial charge in [-0.1, -0.05) is 6.92 Å². The van der Waals surface area contributed by atoms with Gasteiger partial charge in [-0.15, -0.1) is 0 Å². The molecule has 6 nitrogen and oxygen atoms in total. The van der Waals surface area contributed by atoms with Gasteiger partial charge in [0.2, 0.25) is 0 Å². The Bertz CT molecular complexity index is 702. The largest absolute Gasteiger partial charge is 0.399 e. The van der Waals surface area contributed by atoms with Crippen molar-refractivity contribution in [3.8, 4) is 0 Å². The molecule has 0 spiro atoms. The highest BCUT2D eigenvalue weighted by molar-refractivity contribution is 6.05. The highest BCUT2D eigenvalue weighted by atomic mass is 16.1. The zero-order valence-electron chi connectivity index (χ0n) is 11.8. The topological polar surface area (TPSA) is 103 Å². The minimum absolute atomic E-state index is 0.0944. The van der Waals surface area contributed by atoms with E-state index in [0.29, 0.717) is 29.2 Å². The first-order valence-electron chi connectivity index (χ1n) is 6.67. The van der Waals surface area contributed by atoms with Crippen LogP contribution in [0, 0.1) is 0 Å². The Balaban J connectivity index is 2.23. The molecule has 0 fully saturated rings. The second kappa shape index (κ2) is 6.13. The average Bonchev–Trinajstić information content (AvgIpc) is 2.41. The van der Waals surface area contributed by atoms with Gasteiger partial charge in [-0.25, -0.2) is 0 Å². The molecule has 1 amide bonds. The number of aryl methyl sites for hydroxylation is 1. The second-order valence-corrected chi connectivity index (χ2v) is 4.79. The summed E-state index contributed by atoms with van der Waals surface area (Å²) >= 11 is 0. The van der Waals surface area contributed by atoms with E-state index >= 15 is 0 Å². The van der Waals surface area contributed by atoms with E-state index in [9.17, 15) is 9.59 Å². The highest BCUT2D eigenvalue weighted by Crippen LogP contribution is 2.15. The number of benzene rings is 1. The fraction of sp³-hybridized carbons (Fsp3) is 0.200. The van der Waals surface area contributed by atoms with Crippen LogP contribution in [0.15, 0.2) is 41.3 Å². The monoisotopic (exact) mass is 286 g/mol. The van der Waals surface area contributed by atoms with Crippen LogP contribution in [-0.2, 0) is 6.54 Å². The lowest BCUT2D eigenvalue weighted by Crippen LogP contribution is -2.20. The Morgan fingerprint density at radius 3 is 2.48 bits per heavy atom. The lowest BCUT2D eigenvalue weighted by atomic mass is 10.1. The minimum atomic E-state index is -0.323. The molecule has 6 heteroatoms. The molecule has 0 aliphatic rings. The molecule has 0 saturated heterocycles. The van der Waals surface area contributed by atoms with Gasteiger partial charge in [0.1, 0.15) is 0 Å². The van der Waals surface area contributed by atoms with Crippen molar-refractivity contribution >= 4 is 23.0 Å². The van der Waals surface area contributed by atoms with E-state index < -0.39 is 0 Å². The molecule has 5 N–H and O–H groups in total. The Morgan fingerprint density at radius 1 is 1.19 bits per heavy atom. The first-order valence-corrected chi connectivity index (χ1v) is 6.67. The number of pyridine rings is 1. The molecule has 0 atom stereocenters. The Hall–Kier alpha value is -2.76. The highest BCUT2D eigenvalue weighted by Gasteiger charge is 2.08. The van der Waals surface area contributed by atoms with E-state index in [0.717, 1.165) is 6.42 Å². The molecule has 0 saturated carbocycles. The fourth-order valence-electron chi connectivity index (χ4n) is 2.03. The summed E-state index contributed by atoms with van der Waals surface area (Å²) < 4.78 is 1.56. The maximum Gasteiger partial charge on any atom is 0.255 e. The number of nitrogens with two attached hydrogens (primary N) is 2. The molecule has 2 aromatic rings. The number of amides is 1. The standard InChI is InChI=1S/C15H18N4O2/c1-2-5-19-9-13(3-4-14(19)20)18-15(21)10-6-11(16)8-12(17)7-10/h3-4,6-9H,2,5,16-17H2,1H3,(H,18,21). The number of aromatic nitrogens is 1. The molecule has 1 aromatic carbocycles. The average molecular weight is 286 g/mol. The molecule has 110 valence electrons. The van der Waals surface area contributed by atoms with Crippen molar-refractivity contribution in [2.24, 2.45) is 0 Å². The van der Waals surface area contributed by atoms with Crippen molar-refractivity contribution < 1.29 is 4.79 Å². The van der Waals surface area contributed by atoms with Crippen molar-refractivity contribution in [3.05, 3.63) is 52.4 Å². The second-order valence-electron chi connectivity index (χ2n) is 4.79. The molecule has 0 bridgehead atoms. The number of anilines is 3. The number of nitrogens with one attached hydrogen (secondary N) is 1. The van der Waals surface area contributed by atoms with Crippen LogP contribution >= 0.6 is 0 Å². The van der Waals surface area contributed by atoms with Gasteiger partial charge in [0.25, 0.3) is 11.5 Å². The van der Waals surface area contributed by atoms with Gasteiger partial charge in [0.05, 0.1) is 5.69 Å². The van der Waals surface area contributed by atoms with Crippen molar-refractivity contribution in [1.82, 2.24) is 4.57 Å². The number of nitrogen functional groups attached to an aromatic ring is 2. The Morgan fingerprint density at radius 2 is 1.86 bits per heavy atom. The van der Waals surface area contributed by atoms with Crippen LogP contribution in [0.4, 0.5) is 17.1 Å². The first-order chi connectivity index (χ1) is 9.99.